The van der Waals surface area contributed by atoms with Crippen LogP contribution in [0.1, 0.15) is 5.56 Å². The van der Waals surface area contributed by atoms with Gasteiger partial charge in [0.2, 0.25) is 0 Å². The Morgan fingerprint density at radius 3 is 2.08 bits per heavy atom. The third-order valence-electron chi connectivity index (χ3n) is 2.08. The molecule has 0 radical (unpaired) electrons. The molecule has 0 amide bonds. The molecular formula is C9H8F2O2. The van der Waals surface area contributed by atoms with E-state index in [1.165, 1.54) is 0 Å². The average Bonchev–Trinajstić information content (AvgIpc) is 1.98. The lowest BCUT2D eigenvalue weighted by Crippen LogP contribution is -2.46. The highest BCUT2D eigenvalue weighted by Gasteiger charge is 2.38. The molecule has 1 aliphatic rings. The first kappa shape index (κ1) is 8.59. The summed E-state index contributed by atoms with van der Waals surface area (Å²) >= 11 is 0. The Hall–Kier alpha value is -1.00. The molecule has 1 aliphatic heterocycles. The van der Waals surface area contributed by atoms with E-state index in [0.29, 0.717) is 0 Å². The van der Waals surface area contributed by atoms with Crippen LogP contribution >= 0.6 is 0 Å². The zero-order chi connectivity index (χ0) is 9.47. The van der Waals surface area contributed by atoms with Gasteiger partial charge in [-0.1, -0.05) is 0 Å². The van der Waals surface area contributed by atoms with E-state index in [-0.39, 0.29) is 18.8 Å². The summed E-state index contributed by atoms with van der Waals surface area (Å²) in [5.41, 5.74) is -0.973. The molecule has 2 rings (SSSR count). The maximum absolute atomic E-state index is 12.7. The first-order chi connectivity index (χ1) is 6.10. The van der Waals surface area contributed by atoms with Crippen molar-refractivity contribution < 1.29 is 18.6 Å². The quantitative estimate of drug-likeness (QED) is 0.713. The van der Waals surface area contributed by atoms with E-state index < -0.39 is 17.2 Å². The molecule has 0 aliphatic carbocycles. The predicted octanol–water partition coefficient (Wildman–Crippen LogP) is 1.18. The molecule has 1 aromatic carbocycles. The molecule has 1 aromatic rings. The molecule has 1 heterocycles. The molecular weight excluding hydrogens is 178 g/mol. The number of rotatable bonds is 1. The second-order valence-corrected chi connectivity index (χ2v) is 3.18. The van der Waals surface area contributed by atoms with Crippen molar-refractivity contribution >= 4 is 0 Å². The van der Waals surface area contributed by atoms with Crippen molar-refractivity contribution in [1.82, 2.24) is 0 Å². The lowest BCUT2D eigenvalue weighted by atomic mass is 9.92. The van der Waals surface area contributed by atoms with Crippen LogP contribution in [0.2, 0.25) is 0 Å². The first-order valence-electron chi connectivity index (χ1n) is 3.87. The third-order valence-corrected chi connectivity index (χ3v) is 2.08. The second-order valence-electron chi connectivity index (χ2n) is 3.18. The zero-order valence-corrected chi connectivity index (χ0v) is 6.76. The topological polar surface area (TPSA) is 29.5 Å². The van der Waals surface area contributed by atoms with Gasteiger partial charge in [-0.2, -0.15) is 0 Å². The average molecular weight is 186 g/mol. The summed E-state index contributed by atoms with van der Waals surface area (Å²) < 4.78 is 30.2. The predicted molar refractivity (Wildman–Crippen MR) is 41.1 cm³/mol. The first-order valence-corrected chi connectivity index (χ1v) is 3.87. The Balaban J connectivity index is 2.39. The van der Waals surface area contributed by atoms with Crippen LogP contribution in [0.4, 0.5) is 8.78 Å². The lowest BCUT2D eigenvalue weighted by Gasteiger charge is -2.36. The fraction of sp³-hybridized carbons (Fsp3) is 0.333. The van der Waals surface area contributed by atoms with Gasteiger partial charge < -0.3 is 9.84 Å². The summed E-state index contributed by atoms with van der Waals surface area (Å²) in [7, 11) is 0. The number of halogens is 2. The van der Waals surface area contributed by atoms with Crippen molar-refractivity contribution in [2.24, 2.45) is 0 Å². The fourth-order valence-electron chi connectivity index (χ4n) is 1.28. The van der Waals surface area contributed by atoms with Gasteiger partial charge in [-0.25, -0.2) is 8.78 Å². The number of benzene rings is 1. The molecule has 1 N–H and O–H groups in total. The molecule has 1 saturated heterocycles. The van der Waals surface area contributed by atoms with Gasteiger partial charge in [0, 0.05) is 6.07 Å². The van der Waals surface area contributed by atoms with Gasteiger partial charge in [0.25, 0.3) is 0 Å². The highest BCUT2D eigenvalue weighted by atomic mass is 19.1. The van der Waals surface area contributed by atoms with Crippen molar-refractivity contribution in [2.45, 2.75) is 5.60 Å². The van der Waals surface area contributed by atoms with Crippen molar-refractivity contribution in [2.75, 3.05) is 13.2 Å². The van der Waals surface area contributed by atoms with E-state index in [4.69, 9.17) is 4.74 Å². The highest BCUT2D eigenvalue weighted by molar-refractivity contribution is 5.26. The molecule has 0 bridgehead atoms. The summed E-state index contributed by atoms with van der Waals surface area (Å²) in [6.45, 7) is 0.186. The van der Waals surface area contributed by atoms with Crippen molar-refractivity contribution in [3.05, 3.63) is 35.4 Å². The number of hydrogen-bond donors (Lipinski definition) is 1. The second kappa shape index (κ2) is 2.75. The van der Waals surface area contributed by atoms with Crippen molar-refractivity contribution in [1.29, 1.82) is 0 Å². The number of ether oxygens (including phenoxy) is 1. The van der Waals surface area contributed by atoms with E-state index in [1.807, 2.05) is 0 Å². The third kappa shape index (κ3) is 1.43. The Kier molecular flexibility index (Phi) is 1.82. The Labute approximate surface area is 73.8 Å². The summed E-state index contributed by atoms with van der Waals surface area (Å²) in [5, 5.41) is 9.67. The number of aliphatic hydroxyl groups is 1. The molecule has 0 atom stereocenters. The van der Waals surface area contributed by atoms with Gasteiger partial charge in [-0.15, -0.1) is 0 Å². The van der Waals surface area contributed by atoms with Crippen LogP contribution in [0.15, 0.2) is 18.2 Å². The minimum atomic E-state index is -1.21. The van der Waals surface area contributed by atoms with E-state index in [0.717, 1.165) is 18.2 Å². The smallest absolute Gasteiger partial charge is 0.136 e. The number of hydrogen-bond acceptors (Lipinski definition) is 2. The highest BCUT2D eigenvalue weighted by Crippen LogP contribution is 2.29. The normalized spacial score (nSPS) is 19.6. The zero-order valence-electron chi connectivity index (χ0n) is 6.76. The minimum absolute atomic E-state index is 0.0931. The Morgan fingerprint density at radius 1 is 1.15 bits per heavy atom. The monoisotopic (exact) mass is 186 g/mol. The van der Waals surface area contributed by atoms with E-state index in [9.17, 15) is 13.9 Å². The Bertz CT molecular complexity index is 314. The summed E-state index contributed by atoms with van der Waals surface area (Å²) in [5.74, 6) is -1.37. The SMILES string of the molecule is OC1(c2cc(F)cc(F)c2)COC1. The molecule has 0 aromatic heterocycles. The van der Waals surface area contributed by atoms with E-state index >= 15 is 0 Å². The van der Waals surface area contributed by atoms with Gasteiger partial charge >= 0.3 is 0 Å². The summed E-state index contributed by atoms with van der Waals surface area (Å²) in [6, 6.07) is 3.00. The van der Waals surface area contributed by atoms with Crippen LogP contribution in [-0.2, 0) is 10.3 Å². The molecule has 0 spiro atoms. The standard InChI is InChI=1S/C9H8F2O2/c10-7-1-6(2-8(11)3-7)9(12)4-13-5-9/h1-3,12H,4-5H2. The molecule has 0 unspecified atom stereocenters. The van der Waals surface area contributed by atoms with Gasteiger partial charge in [0.05, 0.1) is 13.2 Å². The minimum Gasteiger partial charge on any atom is -0.380 e. The molecule has 13 heavy (non-hydrogen) atoms. The summed E-state index contributed by atoms with van der Waals surface area (Å²) in [6.07, 6.45) is 0. The fourth-order valence-corrected chi connectivity index (χ4v) is 1.28. The molecule has 2 nitrogen and oxygen atoms in total. The van der Waals surface area contributed by atoms with Crippen molar-refractivity contribution in [3.63, 3.8) is 0 Å². The van der Waals surface area contributed by atoms with Crippen LogP contribution < -0.4 is 0 Å². The van der Waals surface area contributed by atoms with Crippen LogP contribution in [0, 0.1) is 11.6 Å². The lowest BCUT2D eigenvalue weighted by molar-refractivity contribution is -0.184. The van der Waals surface area contributed by atoms with Gasteiger partial charge in [0.1, 0.15) is 17.2 Å². The largest absolute Gasteiger partial charge is 0.380 e. The summed E-state index contributed by atoms with van der Waals surface area (Å²) in [4.78, 5) is 0. The van der Waals surface area contributed by atoms with Crippen LogP contribution in [0.25, 0.3) is 0 Å². The molecule has 70 valence electrons. The van der Waals surface area contributed by atoms with Crippen LogP contribution in [0.5, 0.6) is 0 Å². The Morgan fingerprint density at radius 2 is 1.69 bits per heavy atom. The van der Waals surface area contributed by atoms with Crippen molar-refractivity contribution in [3.8, 4) is 0 Å². The molecule has 0 saturated carbocycles. The molecule has 4 heteroatoms. The van der Waals surface area contributed by atoms with Gasteiger partial charge in [0.15, 0.2) is 0 Å². The van der Waals surface area contributed by atoms with Crippen LogP contribution in [0.3, 0.4) is 0 Å². The van der Waals surface area contributed by atoms with Gasteiger partial charge in [-0.05, 0) is 17.7 Å². The van der Waals surface area contributed by atoms with E-state index in [1.54, 1.807) is 0 Å². The molecule has 1 fully saturated rings. The maximum Gasteiger partial charge on any atom is 0.136 e. The van der Waals surface area contributed by atoms with Gasteiger partial charge in [-0.3, -0.25) is 0 Å². The van der Waals surface area contributed by atoms with E-state index in [2.05, 4.69) is 0 Å². The maximum atomic E-state index is 12.7. The van der Waals surface area contributed by atoms with Crippen LogP contribution in [-0.4, -0.2) is 18.3 Å².